The molecule has 0 bridgehead atoms. The summed E-state index contributed by atoms with van der Waals surface area (Å²) in [6.45, 7) is 2.42. The van der Waals surface area contributed by atoms with Crippen molar-refractivity contribution in [2.24, 2.45) is 0 Å². The van der Waals surface area contributed by atoms with Gasteiger partial charge in [0.2, 0.25) is 11.0 Å². The van der Waals surface area contributed by atoms with Crippen molar-refractivity contribution in [2.75, 3.05) is 44.5 Å². The largest absolute Gasteiger partial charge is 0.497 e. The number of hydrogen-bond donors (Lipinski definition) is 1. The Hall–Kier alpha value is -2.47. The number of thiophene rings is 1. The first-order valence-corrected chi connectivity index (χ1v) is 12.6. The summed E-state index contributed by atoms with van der Waals surface area (Å²) in [5, 5.41) is 12.1. The molecule has 1 amide bonds. The van der Waals surface area contributed by atoms with Gasteiger partial charge in [-0.25, -0.2) is 0 Å². The van der Waals surface area contributed by atoms with Gasteiger partial charge in [-0.15, -0.1) is 21.5 Å². The van der Waals surface area contributed by atoms with E-state index in [1.165, 1.54) is 34.4 Å². The topological polar surface area (TPSA) is 93.7 Å². The lowest BCUT2D eigenvalue weighted by Gasteiger charge is -2.26. The minimum absolute atomic E-state index is 0.0163. The quantitative estimate of drug-likeness (QED) is 0.358. The zero-order valence-corrected chi connectivity index (χ0v) is 19.9. The lowest BCUT2D eigenvalue weighted by Crippen LogP contribution is -2.41. The fourth-order valence-corrected chi connectivity index (χ4v) is 5.72. The molecule has 0 saturated carbocycles. The number of thioether (sulfide) groups is 1. The first kappa shape index (κ1) is 22.7. The molecule has 1 fully saturated rings. The predicted molar refractivity (Wildman–Crippen MR) is 127 cm³/mol. The number of carbonyl (C=O) groups is 2. The number of ketones is 1. The number of ether oxygens (including phenoxy) is 2. The first-order valence-electron chi connectivity index (χ1n) is 9.95. The maximum Gasteiger partial charge on any atom is 0.227 e. The van der Waals surface area contributed by atoms with Gasteiger partial charge in [0.25, 0.3) is 0 Å². The number of hydrogen-bond acceptors (Lipinski definition) is 10. The van der Waals surface area contributed by atoms with Gasteiger partial charge in [-0.05, 0) is 24.3 Å². The molecule has 1 aromatic carbocycles. The second-order valence-corrected chi connectivity index (χ2v) is 10.2. The molecule has 0 radical (unpaired) electrons. The maximum atomic E-state index is 12.6. The summed E-state index contributed by atoms with van der Waals surface area (Å²) in [6, 6.07) is 11.2. The number of carbonyl (C=O) groups excluding carboxylic acids is 2. The Morgan fingerprint density at radius 2 is 2.03 bits per heavy atom. The van der Waals surface area contributed by atoms with Crippen molar-refractivity contribution in [2.45, 2.75) is 10.8 Å². The fraction of sp³-hybridized carbons (Fsp3) is 0.333. The molecule has 2 aromatic heterocycles. The molecule has 0 unspecified atom stereocenters. The van der Waals surface area contributed by atoms with Gasteiger partial charge in [0.05, 0.1) is 37.4 Å². The van der Waals surface area contributed by atoms with Crippen LogP contribution in [0.2, 0.25) is 0 Å². The minimum atomic E-state index is 0.0163. The lowest BCUT2D eigenvalue weighted by molar-refractivity contribution is -0.134. The molecule has 168 valence electrons. The van der Waals surface area contributed by atoms with Crippen molar-refractivity contribution in [1.82, 2.24) is 15.1 Å². The summed E-state index contributed by atoms with van der Waals surface area (Å²) in [5.74, 6) is 1.11. The highest BCUT2D eigenvalue weighted by Crippen LogP contribution is 2.30. The number of nitrogens with zero attached hydrogens (tertiary/aromatic N) is 3. The second kappa shape index (κ2) is 10.9. The minimum Gasteiger partial charge on any atom is -0.497 e. The summed E-state index contributed by atoms with van der Waals surface area (Å²) >= 11 is 4.12. The molecule has 32 heavy (non-hydrogen) atoms. The molecule has 1 saturated heterocycles. The Morgan fingerprint density at radius 1 is 1.19 bits per heavy atom. The first-order chi connectivity index (χ1) is 15.6. The zero-order chi connectivity index (χ0) is 22.3. The van der Waals surface area contributed by atoms with Crippen molar-refractivity contribution >= 4 is 56.9 Å². The Labute approximate surface area is 197 Å². The van der Waals surface area contributed by atoms with E-state index >= 15 is 0 Å². The third kappa shape index (κ3) is 6.06. The number of rotatable bonds is 9. The maximum absolute atomic E-state index is 12.6. The molecule has 4 rings (SSSR count). The molecule has 1 N–H and O–H groups in total. The normalized spacial score (nSPS) is 13.7. The van der Waals surface area contributed by atoms with Crippen LogP contribution in [0.1, 0.15) is 14.5 Å². The Bertz CT molecular complexity index is 1080. The van der Waals surface area contributed by atoms with Gasteiger partial charge in [0, 0.05) is 29.7 Å². The van der Waals surface area contributed by atoms with Crippen LogP contribution in [-0.4, -0.2) is 66.0 Å². The highest BCUT2D eigenvalue weighted by atomic mass is 32.2. The van der Waals surface area contributed by atoms with Crippen molar-refractivity contribution in [3.8, 4) is 5.75 Å². The molecule has 1 aliphatic heterocycles. The number of methoxy groups -OCH3 is 1. The van der Waals surface area contributed by atoms with E-state index < -0.39 is 0 Å². The number of morpholine rings is 1. The summed E-state index contributed by atoms with van der Waals surface area (Å²) in [6.07, 6.45) is 0.320. The lowest BCUT2D eigenvalue weighted by atomic mass is 10.3. The molecule has 0 spiro atoms. The fourth-order valence-electron chi connectivity index (χ4n) is 3.04. The predicted octanol–water partition coefficient (Wildman–Crippen LogP) is 3.73. The number of aromatic nitrogens is 2. The average molecular weight is 491 g/mol. The molecule has 1 aliphatic rings. The van der Waals surface area contributed by atoms with Gasteiger partial charge in [-0.3, -0.25) is 9.59 Å². The van der Waals surface area contributed by atoms with E-state index in [-0.39, 0.29) is 17.4 Å². The number of Topliss-reactive ketones (excluding diaryl/α,β-unsaturated/α-hetero) is 1. The van der Waals surface area contributed by atoms with E-state index in [0.717, 1.165) is 16.3 Å². The second-order valence-electron chi connectivity index (χ2n) is 6.88. The van der Waals surface area contributed by atoms with Crippen LogP contribution in [0.4, 0.5) is 10.8 Å². The van der Waals surface area contributed by atoms with Crippen LogP contribution in [-0.2, 0) is 16.0 Å². The summed E-state index contributed by atoms with van der Waals surface area (Å²) in [5.41, 5.74) is 0.853. The Kier molecular flexibility index (Phi) is 7.74. The van der Waals surface area contributed by atoms with Gasteiger partial charge >= 0.3 is 0 Å². The third-order valence-electron chi connectivity index (χ3n) is 4.68. The van der Waals surface area contributed by atoms with E-state index in [4.69, 9.17) is 9.47 Å². The zero-order valence-electron chi connectivity index (χ0n) is 17.4. The van der Waals surface area contributed by atoms with Gasteiger partial charge < -0.3 is 19.7 Å². The number of benzene rings is 1. The highest BCUT2D eigenvalue weighted by Gasteiger charge is 2.19. The van der Waals surface area contributed by atoms with Crippen LogP contribution < -0.4 is 10.1 Å². The molecule has 3 aromatic rings. The summed E-state index contributed by atoms with van der Waals surface area (Å²) in [4.78, 5) is 28.3. The summed E-state index contributed by atoms with van der Waals surface area (Å²) < 4.78 is 11.2. The SMILES string of the molecule is COc1cccc(Nc2nnc(SCC(=O)c3ccc(CC(=O)N4CCOCC4)s3)s2)c1. The molecular formula is C21H22N4O4S3. The van der Waals surface area contributed by atoms with Crippen LogP contribution in [0.5, 0.6) is 5.75 Å². The molecule has 0 aliphatic carbocycles. The standard InChI is InChI=1S/C21H22N4O4S3/c1-28-15-4-2-3-14(11-15)22-20-23-24-21(32-20)30-13-17(26)18-6-5-16(31-18)12-19(27)25-7-9-29-10-8-25/h2-6,11H,7-10,12-13H2,1H3,(H,22,23). The summed E-state index contributed by atoms with van der Waals surface area (Å²) in [7, 11) is 1.62. The molecular weight excluding hydrogens is 468 g/mol. The van der Waals surface area contributed by atoms with Crippen molar-refractivity contribution in [1.29, 1.82) is 0 Å². The molecule has 0 atom stereocenters. The highest BCUT2D eigenvalue weighted by molar-refractivity contribution is 8.01. The van der Waals surface area contributed by atoms with E-state index in [1.54, 1.807) is 13.2 Å². The number of anilines is 2. The van der Waals surface area contributed by atoms with E-state index in [0.29, 0.717) is 47.1 Å². The van der Waals surface area contributed by atoms with Gasteiger partial charge in [-0.2, -0.15) is 0 Å². The molecule has 3 heterocycles. The van der Waals surface area contributed by atoms with Crippen LogP contribution >= 0.6 is 34.4 Å². The van der Waals surface area contributed by atoms with Crippen LogP contribution in [0.15, 0.2) is 40.7 Å². The van der Waals surface area contributed by atoms with Crippen molar-refractivity contribution in [3.63, 3.8) is 0 Å². The van der Waals surface area contributed by atoms with E-state index in [1.807, 2.05) is 35.2 Å². The third-order valence-corrected chi connectivity index (χ3v) is 7.78. The van der Waals surface area contributed by atoms with Gasteiger partial charge in [0.15, 0.2) is 10.1 Å². The van der Waals surface area contributed by atoms with Crippen LogP contribution in [0.3, 0.4) is 0 Å². The van der Waals surface area contributed by atoms with Gasteiger partial charge in [-0.1, -0.05) is 29.2 Å². The Balaban J connectivity index is 1.27. The van der Waals surface area contributed by atoms with Crippen molar-refractivity contribution < 1.29 is 19.1 Å². The average Bonchev–Trinajstić information content (AvgIpc) is 3.48. The monoisotopic (exact) mass is 490 g/mol. The van der Waals surface area contributed by atoms with E-state index in [9.17, 15) is 9.59 Å². The Morgan fingerprint density at radius 3 is 2.84 bits per heavy atom. The van der Waals surface area contributed by atoms with Crippen molar-refractivity contribution in [3.05, 3.63) is 46.2 Å². The van der Waals surface area contributed by atoms with E-state index in [2.05, 4.69) is 15.5 Å². The number of nitrogens with one attached hydrogen (secondary N) is 1. The number of amides is 1. The smallest absolute Gasteiger partial charge is 0.227 e. The molecule has 8 nitrogen and oxygen atoms in total. The molecule has 11 heteroatoms. The van der Waals surface area contributed by atoms with Gasteiger partial charge in [0.1, 0.15) is 5.75 Å². The van der Waals surface area contributed by atoms with Crippen LogP contribution in [0.25, 0.3) is 0 Å². The van der Waals surface area contributed by atoms with Crippen LogP contribution in [0, 0.1) is 0 Å².